The van der Waals surface area contributed by atoms with E-state index >= 15 is 0 Å². The molecule has 5 nitrogen and oxygen atoms in total. The van der Waals surface area contributed by atoms with E-state index in [2.05, 4.69) is 0 Å². The van der Waals surface area contributed by atoms with E-state index in [4.69, 9.17) is 10.2 Å². The number of hydrogen-bond acceptors (Lipinski definition) is 3. The van der Waals surface area contributed by atoms with Crippen molar-refractivity contribution < 1.29 is 24.9 Å². The summed E-state index contributed by atoms with van der Waals surface area (Å²) in [5.74, 6) is -1.36. The van der Waals surface area contributed by atoms with E-state index < -0.39 is 17.4 Å². The number of carboxylic acids is 2. The molecule has 0 heterocycles. The summed E-state index contributed by atoms with van der Waals surface area (Å²) >= 11 is 0. The number of carboxylic acid groups (broad SMARTS) is 2. The Hall–Kier alpha value is -1.10. The SMILES string of the molecule is CC(C)CCC(CCCO)(CCCC(=O)O)C(=O)O. The predicted octanol–water partition coefficient (Wildman–Crippen LogP) is 2.52. The highest BCUT2D eigenvalue weighted by Gasteiger charge is 2.37. The first-order chi connectivity index (χ1) is 8.84. The first-order valence-corrected chi connectivity index (χ1v) is 6.90. The Morgan fingerprint density at radius 3 is 2.05 bits per heavy atom. The smallest absolute Gasteiger partial charge is 0.309 e. The van der Waals surface area contributed by atoms with Crippen molar-refractivity contribution in [2.45, 2.75) is 58.8 Å². The third-order valence-corrected chi connectivity index (χ3v) is 3.51. The molecule has 0 aliphatic carbocycles. The average molecular weight is 274 g/mol. The molecule has 0 fully saturated rings. The molecule has 0 aliphatic rings. The molecule has 0 saturated carbocycles. The minimum atomic E-state index is -0.898. The zero-order chi connectivity index (χ0) is 14.9. The first kappa shape index (κ1) is 17.9. The fourth-order valence-electron chi connectivity index (χ4n) is 2.26. The number of hydrogen-bond donors (Lipinski definition) is 3. The highest BCUT2D eigenvalue weighted by Crippen LogP contribution is 2.37. The maximum Gasteiger partial charge on any atom is 0.309 e. The van der Waals surface area contributed by atoms with Gasteiger partial charge in [0.2, 0.25) is 0 Å². The first-order valence-electron chi connectivity index (χ1n) is 6.90. The van der Waals surface area contributed by atoms with Gasteiger partial charge in [0, 0.05) is 13.0 Å². The third-order valence-electron chi connectivity index (χ3n) is 3.51. The fourth-order valence-corrected chi connectivity index (χ4v) is 2.26. The number of rotatable bonds is 11. The van der Waals surface area contributed by atoms with Crippen molar-refractivity contribution in [2.24, 2.45) is 11.3 Å². The number of aliphatic hydroxyl groups excluding tert-OH is 1. The van der Waals surface area contributed by atoms with E-state index in [1.165, 1.54) is 0 Å². The summed E-state index contributed by atoms with van der Waals surface area (Å²) in [6.07, 6.45) is 2.91. The summed E-state index contributed by atoms with van der Waals surface area (Å²) in [5.41, 5.74) is -0.886. The Morgan fingerprint density at radius 2 is 1.63 bits per heavy atom. The van der Waals surface area contributed by atoms with E-state index in [-0.39, 0.29) is 13.0 Å². The lowest BCUT2D eigenvalue weighted by molar-refractivity contribution is -0.151. The average Bonchev–Trinajstić information content (AvgIpc) is 2.31. The van der Waals surface area contributed by atoms with Crippen LogP contribution in [0.15, 0.2) is 0 Å². The van der Waals surface area contributed by atoms with Gasteiger partial charge in [0.25, 0.3) is 0 Å². The van der Waals surface area contributed by atoms with Gasteiger partial charge in [-0.2, -0.15) is 0 Å². The maximum absolute atomic E-state index is 11.6. The molecule has 112 valence electrons. The van der Waals surface area contributed by atoms with Gasteiger partial charge in [-0.3, -0.25) is 9.59 Å². The van der Waals surface area contributed by atoms with Gasteiger partial charge in [-0.1, -0.05) is 13.8 Å². The van der Waals surface area contributed by atoms with Crippen molar-refractivity contribution in [1.29, 1.82) is 0 Å². The van der Waals surface area contributed by atoms with Crippen LogP contribution in [0.4, 0.5) is 0 Å². The Kier molecular flexibility index (Phi) is 8.39. The van der Waals surface area contributed by atoms with Crippen LogP contribution in [0, 0.1) is 11.3 Å². The number of carbonyl (C=O) groups is 2. The summed E-state index contributed by atoms with van der Waals surface area (Å²) in [5, 5.41) is 27.1. The molecule has 0 bridgehead atoms. The van der Waals surface area contributed by atoms with E-state index in [1.54, 1.807) is 0 Å². The van der Waals surface area contributed by atoms with Gasteiger partial charge in [-0.25, -0.2) is 0 Å². The quantitative estimate of drug-likeness (QED) is 0.538. The molecule has 0 aliphatic heterocycles. The van der Waals surface area contributed by atoms with E-state index in [9.17, 15) is 14.7 Å². The molecule has 0 saturated heterocycles. The molecule has 0 aromatic carbocycles. The predicted molar refractivity (Wildman–Crippen MR) is 71.9 cm³/mol. The molecule has 0 spiro atoms. The third kappa shape index (κ3) is 7.15. The highest BCUT2D eigenvalue weighted by atomic mass is 16.4. The standard InChI is InChI=1S/C14H26O5/c1-11(2)6-9-14(13(18)19,8-4-10-15)7-3-5-12(16)17/h11,15H,3-10H2,1-2H3,(H,16,17)(H,18,19). The zero-order valence-corrected chi connectivity index (χ0v) is 11.9. The van der Waals surface area contributed by atoms with Crippen molar-refractivity contribution in [3.8, 4) is 0 Å². The second kappa shape index (κ2) is 8.91. The molecule has 0 aromatic heterocycles. The second-order valence-corrected chi connectivity index (χ2v) is 5.59. The van der Waals surface area contributed by atoms with Crippen molar-refractivity contribution in [3.05, 3.63) is 0 Å². The molecular formula is C14H26O5. The number of aliphatic carboxylic acids is 2. The normalized spacial score (nSPS) is 14.3. The molecule has 0 amide bonds. The molecule has 0 rings (SSSR count). The molecule has 3 N–H and O–H groups in total. The van der Waals surface area contributed by atoms with Crippen molar-refractivity contribution >= 4 is 11.9 Å². The molecule has 0 aromatic rings. The topological polar surface area (TPSA) is 94.8 Å². The molecule has 5 heteroatoms. The summed E-state index contributed by atoms with van der Waals surface area (Å²) in [4.78, 5) is 22.1. The van der Waals surface area contributed by atoms with Gasteiger partial charge in [0.15, 0.2) is 0 Å². The van der Waals surface area contributed by atoms with Crippen LogP contribution in [0.25, 0.3) is 0 Å². The van der Waals surface area contributed by atoms with Gasteiger partial charge in [-0.05, 0) is 44.4 Å². The highest BCUT2D eigenvalue weighted by molar-refractivity contribution is 5.74. The monoisotopic (exact) mass is 274 g/mol. The molecule has 0 radical (unpaired) electrons. The summed E-state index contributed by atoms with van der Waals surface area (Å²) in [6.45, 7) is 4.04. The molecule has 19 heavy (non-hydrogen) atoms. The molecule has 1 atom stereocenters. The van der Waals surface area contributed by atoms with Crippen LogP contribution in [-0.4, -0.2) is 33.9 Å². The summed E-state index contributed by atoms with van der Waals surface area (Å²) < 4.78 is 0. The Labute approximate surface area is 114 Å². The minimum Gasteiger partial charge on any atom is -0.481 e. The second-order valence-electron chi connectivity index (χ2n) is 5.59. The van der Waals surface area contributed by atoms with Crippen LogP contribution in [0.5, 0.6) is 0 Å². The lowest BCUT2D eigenvalue weighted by atomic mass is 9.74. The van der Waals surface area contributed by atoms with Gasteiger partial charge in [-0.15, -0.1) is 0 Å². The van der Waals surface area contributed by atoms with Crippen LogP contribution in [0.3, 0.4) is 0 Å². The summed E-state index contributed by atoms with van der Waals surface area (Å²) in [6, 6.07) is 0. The van der Waals surface area contributed by atoms with Crippen molar-refractivity contribution in [3.63, 3.8) is 0 Å². The van der Waals surface area contributed by atoms with Crippen LogP contribution in [-0.2, 0) is 9.59 Å². The van der Waals surface area contributed by atoms with E-state index in [0.29, 0.717) is 38.0 Å². The fraction of sp³-hybridized carbons (Fsp3) is 0.857. The largest absolute Gasteiger partial charge is 0.481 e. The summed E-state index contributed by atoms with van der Waals surface area (Å²) in [7, 11) is 0. The molecular weight excluding hydrogens is 248 g/mol. The lowest BCUT2D eigenvalue weighted by Crippen LogP contribution is -2.32. The zero-order valence-electron chi connectivity index (χ0n) is 11.9. The van der Waals surface area contributed by atoms with Crippen LogP contribution in [0.2, 0.25) is 0 Å². The maximum atomic E-state index is 11.6. The van der Waals surface area contributed by atoms with Crippen LogP contribution in [0.1, 0.15) is 58.8 Å². The Balaban J connectivity index is 4.70. The number of aliphatic hydroxyl groups is 1. The van der Waals surface area contributed by atoms with E-state index in [1.807, 2.05) is 13.8 Å². The van der Waals surface area contributed by atoms with Gasteiger partial charge in [0.05, 0.1) is 5.41 Å². The van der Waals surface area contributed by atoms with Crippen molar-refractivity contribution in [2.75, 3.05) is 6.61 Å². The van der Waals surface area contributed by atoms with Crippen molar-refractivity contribution in [1.82, 2.24) is 0 Å². The Bertz CT molecular complexity index is 288. The minimum absolute atomic E-state index is 0.00413. The van der Waals surface area contributed by atoms with Gasteiger partial charge >= 0.3 is 11.9 Å². The Morgan fingerprint density at radius 1 is 1.05 bits per heavy atom. The van der Waals surface area contributed by atoms with Crippen LogP contribution >= 0.6 is 0 Å². The van der Waals surface area contributed by atoms with Gasteiger partial charge in [0.1, 0.15) is 0 Å². The molecule has 1 unspecified atom stereocenters. The van der Waals surface area contributed by atoms with E-state index in [0.717, 1.165) is 6.42 Å². The lowest BCUT2D eigenvalue weighted by Gasteiger charge is -2.30. The van der Waals surface area contributed by atoms with Crippen LogP contribution < -0.4 is 0 Å². The van der Waals surface area contributed by atoms with Gasteiger partial charge < -0.3 is 15.3 Å².